The molecule has 2 N–H and O–H groups in total. The Bertz CT molecular complexity index is 231. The number of rotatable bonds is 6. The van der Waals surface area contributed by atoms with Crippen LogP contribution in [0, 0.1) is 0 Å². The summed E-state index contributed by atoms with van der Waals surface area (Å²) in [5.74, 6) is 0.897. The first kappa shape index (κ1) is 12.3. The van der Waals surface area contributed by atoms with Gasteiger partial charge in [-0.3, -0.25) is 9.59 Å². The third-order valence-electron chi connectivity index (χ3n) is 2.13. The predicted octanol–water partition coefficient (Wildman–Crippen LogP) is -0.629. The monoisotopic (exact) mass is 232 g/mol. The van der Waals surface area contributed by atoms with Gasteiger partial charge >= 0.3 is 5.97 Å². The van der Waals surface area contributed by atoms with Crippen LogP contribution in [-0.2, 0) is 14.3 Å². The molecule has 1 saturated heterocycles. The second kappa shape index (κ2) is 6.68. The van der Waals surface area contributed by atoms with Crippen molar-refractivity contribution in [3.05, 3.63) is 0 Å². The molecule has 0 aromatic rings. The maximum absolute atomic E-state index is 11.3. The first-order chi connectivity index (χ1) is 7.24. The average molecular weight is 232 g/mol. The molecule has 1 rings (SSSR count). The van der Waals surface area contributed by atoms with Crippen molar-refractivity contribution >= 4 is 23.6 Å². The number of thioether (sulfide) groups is 1. The van der Waals surface area contributed by atoms with E-state index in [1.807, 2.05) is 0 Å². The minimum absolute atomic E-state index is 0.00407. The zero-order chi connectivity index (χ0) is 11.1. The lowest BCUT2D eigenvalue weighted by Crippen LogP contribution is -2.53. The molecule has 0 aromatic carbocycles. The SMILES string of the molecule is COC(=O)CSCCNC(=O)[C@H]1CCN1. The van der Waals surface area contributed by atoms with Crippen LogP contribution < -0.4 is 10.6 Å². The zero-order valence-corrected chi connectivity index (χ0v) is 9.56. The topological polar surface area (TPSA) is 67.4 Å². The minimum atomic E-state index is -0.230. The second-order valence-electron chi connectivity index (χ2n) is 3.22. The molecule has 86 valence electrons. The van der Waals surface area contributed by atoms with E-state index in [-0.39, 0.29) is 17.9 Å². The van der Waals surface area contributed by atoms with E-state index in [4.69, 9.17) is 0 Å². The van der Waals surface area contributed by atoms with Gasteiger partial charge in [-0.15, -0.1) is 11.8 Å². The number of amides is 1. The van der Waals surface area contributed by atoms with Crippen molar-refractivity contribution in [2.45, 2.75) is 12.5 Å². The average Bonchev–Trinajstić information content (AvgIpc) is 2.14. The molecule has 0 aromatic heterocycles. The van der Waals surface area contributed by atoms with Gasteiger partial charge in [-0.1, -0.05) is 0 Å². The van der Waals surface area contributed by atoms with Crippen molar-refractivity contribution < 1.29 is 14.3 Å². The molecule has 5 nitrogen and oxygen atoms in total. The quantitative estimate of drug-likeness (QED) is 0.471. The standard InChI is InChI=1S/C9H16N2O3S/c1-14-8(12)6-15-5-4-11-9(13)7-2-3-10-7/h7,10H,2-6H2,1H3,(H,11,13)/t7-/m1/s1. The number of nitrogens with one attached hydrogen (secondary N) is 2. The van der Waals surface area contributed by atoms with Crippen molar-refractivity contribution in [2.24, 2.45) is 0 Å². The Morgan fingerprint density at radius 2 is 2.33 bits per heavy atom. The van der Waals surface area contributed by atoms with E-state index in [0.29, 0.717) is 12.3 Å². The molecule has 0 spiro atoms. The number of carbonyl (C=O) groups excluding carboxylic acids is 2. The van der Waals surface area contributed by atoms with Crippen molar-refractivity contribution in [3.8, 4) is 0 Å². The van der Waals surface area contributed by atoms with E-state index >= 15 is 0 Å². The van der Waals surface area contributed by atoms with Crippen molar-refractivity contribution in [1.82, 2.24) is 10.6 Å². The lowest BCUT2D eigenvalue weighted by molar-refractivity contribution is -0.137. The van der Waals surface area contributed by atoms with Gasteiger partial charge in [-0.25, -0.2) is 0 Å². The normalized spacial score (nSPS) is 19.1. The molecule has 0 aliphatic carbocycles. The molecule has 6 heteroatoms. The molecule has 15 heavy (non-hydrogen) atoms. The van der Waals surface area contributed by atoms with E-state index in [1.54, 1.807) is 0 Å². The molecule has 0 bridgehead atoms. The van der Waals surface area contributed by atoms with Crippen molar-refractivity contribution in [3.63, 3.8) is 0 Å². The fourth-order valence-electron chi connectivity index (χ4n) is 1.10. The first-order valence-corrected chi connectivity index (χ1v) is 6.05. The summed E-state index contributed by atoms with van der Waals surface area (Å²) in [6.07, 6.45) is 0.918. The van der Waals surface area contributed by atoms with E-state index in [2.05, 4.69) is 15.4 Å². The summed E-state index contributed by atoms with van der Waals surface area (Å²) < 4.78 is 4.49. The molecular formula is C9H16N2O3S. The number of carbonyl (C=O) groups is 2. The summed E-state index contributed by atoms with van der Waals surface area (Å²) in [5.41, 5.74) is 0. The van der Waals surface area contributed by atoms with E-state index in [9.17, 15) is 9.59 Å². The molecule has 1 aliphatic rings. The van der Waals surface area contributed by atoms with Crippen molar-refractivity contribution in [2.75, 3.05) is 31.7 Å². The zero-order valence-electron chi connectivity index (χ0n) is 8.75. The van der Waals surface area contributed by atoms with Gasteiger partial charge in [0.1, 0.15) is 0 Å². The molecule has 1 aliphatic heterocycles. The van der Waals surface area contributed by atoms with Gasteiger partial charge < -0.3 is 15.4 Å². The van der Waals surface area contributed by atoms with Crippen LogP contribution in [0.5, 0.6) is 0 Å². The van der Waals surface area contributed by atoms with Gasteiger partial charge in [-0.2, -0.15) is 0 Å². The van der Waals surface area contributed by atoms with Crippen LogP contribution in [0.3, 0.4) is 0 Å². The highest BCUT2D eigenvalue weighted by Crippen LogP contribution is 2.02. The van der Waals surface area contributed by atoms with Gasteiger partial charge in [0.25, 0.3) is 0 Å². The summed E-state index contributed by atoms with van der Waals surface area (Å²) in [7, 11) is 1.37. The van der Waals surface area contributed by atoms with Crippen LogP contribution in [0.25, 0.3) is 0 Å². The Morgan fingerprint density at radius 1 is 1.60 bits per heavy atom. The maximum Gasteiger partial charge on any atom is 0.315 e. The smallest absolute Gasteiger partial charge is 0.315 e. The summed E-state index contributed by atoms with van der Waals surface area (Å²) in [4.78, 5) is 22.0. The highest BCUT2D eigenvalue weighted by Gasteiger charge is 2.23. The van der Waals surface area contributed by atoms with Crippen LogP contribution >= 0.6 is 11.8 Å². The maximum atomic E-state index is 11.3. The lowest BCUT2D eigenvalue weighted by atomic mass is 10.1. The first-order valence-electron chi connectivity index (χ1n) is 4.89. The fraction of sp³-hybridized carbons (Fsp3) is 0.778. The summed E-state index contributed by atoms with van der Waals surface area (Å²) in [6, 6.07) is -0.00407. The van der Waals surface area contributed by atoms with Gasteiger partial charge in [0, 0.05) is 12.3 Å². The Balaban J connectivity index is 1.92. The van der Waals surface area contributed by atoms with Crippen LogP contribution in [0.4, 0.5) is 0 Å². The Kier molecular flexibility index (Phi) is 5.49. The highest BCUT2D eigenvalue weighted by molar-refractivity contribution is 7.99. The second-order valence-corrected chi connectivity index (χ2v) is 4.32. The number of hydrogen-bond donors (Lipinski definition) is 2. The van der Waals surface area contributed by atoms with E-state index < -0.39 is 0 Å². The van der Waals surface area contributed by atoms with Crippen LogP contribution in [0.2, 0.25) is 0 Å². The molecule has 0 unspecified atom stereocenters. The number of hydrogen-bond acceptors (Lipinski definition) is 5. The van der Waals surface area contributed by atoms with Gasteiger partial charge in [0.05, 0.1) is 18.9 Å². The predicted molar refractivity (Wildman–Crippen MR) is 58.8 cm³/mol. The Hall–Kier alpha value is -0.750. The van der Waals surface area contributed by atoms with E-state index in [0.717, 1.165) is 18.7 Å². The minimum Gasteiger partial charge on any atom is -0.468 e. The lowest BCUT2D eigenvalue weighted by Gasteiger charge is -2.26. The third kappa shape index (κ3) is 4.53. The van der Waals surface area contributed by atoms with E-state index in [1.165, 1.54) is 18.9 Å². The Morgan fingerprint density at radius 3 is 2.87 bits per heavy atom. The summed E-state index contributed by atoms with van der Waals surface area (Å²) in [6.45, 7) is 1.52. The fourth-order valence-corrected chi connectivity index (χ4v) is 1.77. The number of methoxy groups -OCH3 is 1. The molecule has 1 atom stereocenters. The molecule has 1 amide bonds. The van der Waals surface area contributed by atoms with Gasteiger partial charge in [0.15, 0.2) is 0 Å². The van der Waals surface area contributed by atoms with Gasteiger partial charge in [-0.05, 0) is 13.0 Å². The summed E-state index contributed by atoms with van der Waals surface area (Å²) >= 11 is 1.46. The molecule has 1 heterocycles. The molecule has 0 radical (unpaired) electrons. The van der Waals surface area contributed by atoms with Gasteiger partial charge in [0.2, 0.25) is 5.91 Å². The summed E-state index contributed by atoms with van der Waals surface area (Å²) in [5, 5.41) is 5.82. The number of esters is 1. The highest BCUT2D eigenvalue weighted by atomic mass is 32.2. The third-order valence-corrected chi connectivity index (χ3v) is 3.07. The molecule has 0 saturated carbocycles. The number of ether oxygens (including phenoxy) is 1. The molecule has 1 fully saturated rings. The Labute approximate surface area is 93.3 Å². The molecular weight excluding hydrogens is 216 g/mol. The largest absolute Gasteiger partial charge is 0.468 e. The van der Waals surface area contributed by atoms with Crippen molar-refractivity contribution in [1.29, 1.82) is 0 Å². The van der Waals surface area contributed by atoms with Crippen LogP contribution in [-0.4, -0.2) is 49.6 Å². The van der Waals surface area contributed by atoms with Crippen LogP contribution in [0.1, 0.15) is 6.42 Å². The van der Waals surface area contributed by atoms with Crippen LogP contribution in [0.15, 0.2) is 0 Å².